The molecule has 0 aliphatic heterocycles. The molecule has 8 heteroatoms. The van der Waals surface area contributed by atoms with Gasteiger partial charge in [0.25, 0.3) is 0 Å². The molecule has 1 N–H and O–H groups in total. The summed E-state index contributed by atoms with van der Waals surface area (Å²) in [6.07, 6.45) is 1.67. The third-order valence-corrected chi connectivity index (χ3v) is 3.46. The molecule has 0 atom stereocenters. The van der Waals surface area contributed by atoms with Crippen LogP contribution in [-0.4, -0.2) is 24.1 Å². The number of anilines is 1. The van der Waals surface area contributed by atoms with Gasteiger partial charge in [0.2, 0.25) is 0 Å². The Bertz CT molecular complexity index is 676. The summed E-state index contributed by atoms with van der Waals surface area (Å²) in [5.74, 6) is -0.665. The van der Waals surface area contributed by atoms with E-state index in [1.807, 2.05) is 0 Å². The van der Waals surface area contributed by atoms with Gasteiger partial charge in [-0.15, -0.1) is 17.9 Å². The minimum absolute atomic E-state index is 0.0260. The number of para-hydroxylation sites is 1. The topological polar surface area (TPSA) is 60.5 Å². The fraction of sp³-hybridized carbons (Fsp3) is 0.200. The van der Waals surface area contributed by atoms with Gasteiger partial charge in [-0.05, 0) is 6.07 Å². The number of esters is 1. The number of hydrogen-bond acceptors (Lipinski definition) is 6. The summed E-state index contributed by atoms with van der Waals surface area (Å²) in [7, 11) is 0. The van der Waals surface area contributed by atoms with Crippen molar-refractivity contribution in [3.05, 3.63) is 53.6 Å². The van der Waals surface area contributed by atoms with Crippen LogP contribution in [0.3, 0.4) is 0 Å². The number of halogens is 2. The molecule has 122 valence electrons. The van der Waals surface area contributed by atoms with E-state index in [9.17, 15) is 13.6 Å². The molecule has 0 aliphatic carbocycles. The van der Waals surface area contributed by atoms with E-state index in [-0.39, 0.29) is 18.1 Å². The van der Waals surface area contributed by atoms with E-state index >= 15 is 0 Å². The van der Waals surface area contributed by atoms with E-state index in [2.05, 4.69) is 21.6 Å². The fourth-order valence-corrected chi connectivity index (χ4v) is 2.35. The molecule has 0 radical (unpaired) electrons. The van der Waals surface area contributed by atoms with Crippen LogP contribution in [-0.2, 0) is 11.3 Å². The van der Waals surface area contributed by atoms with Gasteiger partial charge in [-0.3, -0.25) is 0 Å². The highest BCUT2D eigenvalue weighted by atomic mass is 32.1. The minimum Gasteiger partial charge on any atom is -0.456 e. The van der Waals surface area contributed by atoms with E-state index in [1.165, 1.54) is 17.4 Å². The lowest BCUT2D eigenvalue weighted by molar-refractivity contribution is -0.0510. The molecule has 23 heavy (non-hydrogen) atoms. The van der Waals surface area contributed by atoms with Gasteiger partial charge in [0, 0.05) is 17.5 Å². The van der Waals surface area contributed by atoms with Crippen molar-refractivity contribution in [3.63, 3.8) is 0 Å². The molecule has 0 unspecified atom stereocenters. The first-order chi connectivity index (χ1) is 11.1. The molecule has 0 amide bonds. The molecule has 0 aliphatic rings. The first-order valence-electron chi connectivity index (χ1n) is 6.60. The Balaban J connectivity index is 1.96. The predicted octanol–water partition coefficient (Wildman–Crippen LogP) is 3.70. The van der Waals surface area contributed by atoms with E-state index < -0.39 is 12.6 Å². The molecule has 1 aromatic carbocycles. The first-order valence-corrected chi connectivity index (χ1v) is 7.48. The Morgan fingerprint density at radius 2 is 2.22 bits per heavy atom. The van der Waals surface area contributed by atoms with Gasteiger partial charge in [0.1, 0.15) is 12.4 Å². The Hall–Kier alpha value is -2.48. The molecule has 0 fully saturated rings. The van der Waals surface area contributed by atoms with Crippen LogP contribution in [0.5, 0.6) is 5.75 Å². The average Bonchev–Trinajstić information content (AvgIpc) is 3.00. The molecule has 1 aromatic heterocycles. The number of aromatic nitrogens is 1. The van der Waals surface area contributed by atoms with Crippen LogP contribution in [0, 0.1) is 0 Å². The van der Waals surface area contributed by atoms with Crippen LogP contribution >= 0.6 is 11.3 Å². The zero-order chi connectivity index (χ0) is 16.7. The molecule has 0 spiro atoms. The highest BCUT2D eigenvalue weighted by molar-refractivity contribution is 7.13. The Labute approximate surface area is 135 Å². The maximum absolute atomic E-state index is 12.3. The summed E-state index contributed by atoms with van der Waals surface area (Å²) in [5.41, 5.74) is 0.496. The number of rotatable bonds is 8. The Morgan fingerprint density at radius 1 is 1.43 bits per heavy atom. The van der Waals surface area contributed by atoms with Crippen molar-refractivity contribution < 1.29 is 23.0 Å². The SMILES string of the molecule is C=CCNc1nc(C(=O)OCc2ccccc2OC(F)F)cs1. The predicted molar refractivity (Wildman–Crippen MR) is 83.0 cm³/mol. The normalized spacial score (nSPS) is 10.4. The fourth-order valence-electron chi connectivity index (χ4n) is 1.66. The van der Waals surface area contributed by atoms with Crippen molar-refractivity contribution in [2.45, 2.75) is 13.2 Å². The van der Waals surface area contributed by atoms with Crippen LogP contribution in [0.25, 0.3) is 0 Å². The number of thiazole rings is 1. The first kappa shape index (κ1) is 16.9. The van der Waals surface area contributed by atoms with Crippen LogP contribution in [0.2, 0.25) is 0 Å². The van der Waals surface area contributed by atoms with Gasteiger partial charge in [-0.25, -0.2) is 9.78 Å². The van der Waals surface area contributed by atoms with Gasteiger partial charge in [0.15, 0.2) is 10.8 Å². The van der Waals surface area contributed by atoms with Crippen molar-refractivity contribution in [1.82, 2.24) is 4.98 Å². The van der Waals surface area contributed by atoms with E-state index in [0.29, 0.717) is 17.2 Å². The van der Waals surface area contributed by atoms with Crippen LogP contribution in [0.15, 0.2) is 42.3 Å². The average molecular weight is 340 g/mol. The third-order valence-electron chi connectivity index (χ3n) is 2.66. The largest absolute Gasteiger partial charge is 0.456 e. The maximum atomic E-state index is 12.3. The van der Waals surface area contributed by atoms with Gasteiger partial charge in [-0.1, -0.05) is 24.3 Å². The van der Waals surface area contributed by atoms with E-state index in [4.69, 9.17) is 4.74 Å². The monoisotopic (exact) mass is 340 g/mol. The second kappa shape index (κ2) is 8.23. The quantitative estimate of drug-likeness (QED) is 0.586. The molecule has 2 aromatic rings. The summed E-state index contributed by atoms with van der Waals surface area (Å²) in [5, 5.41) is 5.07. The van der Waals surface area contributed by atoms with Crippen LogP contribution < -0.4 is 10.1 Å². The molecule has 0 saturated carbocycles. The lowest BCUT2D eigenvalue weighted by Crippen LogP contribution is -2.09. The lowest BCUT2D eigenvalue weighted by atomic mass is 10.2. The van der Waals surface area contributed by atoms with Crippen molar-refractivity contribution in [3.8, 4) is 5.75 Å². The van der Waals surface area contributed by atoms with Crippen LogP contribution in [0.1, 0.15) is 16.1 Å². The number of hydrogen-bond donors (Lipinski definition) is 1. The molecule has 5 nitrogen and oxygen atoms in total. The molecule has 1 heterocycles. The lowest BCUT2D eigenvalue weighted by Gasteiger charge is -2.10. The summed E-state index contributed by atoms with van der Waals surface area (Å²) >= 11 is 1.26. The molecule has 0 bridgehead atoms. The highest BCUT2D eigenvalue weighted by Gasteiger charge is 2.14. The van der Waals surface area contributed by atoms with Crippen molar-refractivity contribution >= 4 is 22.4 Å². The number of benzene rings is 1. The second-order valence-electron chi connectivity index (χ2n) is 4.27. The van der Waals surface area contributed by atoms with Gasteiger partial charge >= 0.3 is 12.6 Å². The highest BCUT2D eigenvalue weighted by Crippen LogP contribution is 2.22. The number of carbonyl (C=O) groups excluding carboxylic acids is 1. The number of ether oxygens (including phenoxy) is 2. The summed E-state index contributed by atoms with van der Waals surface area (Å²) in [6, 6.07) is 6.13. The summed E-state index contributed by atoms with van der Waals surface area (Å²) < 4.78 is 34.1. The van der Waals surface area contributed by atoms with Crippen molar-refractivity contribution in [2.24, 2.45) is 0 Å². The number of nitrogens with one attached hydrogen (secondary N) is 1. The molecule has 0 saturated heterocycles. The summed E-state index contributed by atoms with van der Waals surface area (Å²) in [6.45, 7) is 0.968. The summed E-state index contributed by atoms with van der Waals surface area (Å²) in [4.78, 5) is 16.0. The zero-order valence-corrected chi connectivity index (χ0v) is 12.8. The Kier molecular flexibility index (Phi) is 6.04. The van der Waals surface area contributed by atoms with Crippen LogP contribution in [0.4, 0.5) is 13.9 Å². The van der Waals surface area contributed by atoms with E-state index in [0.717, 1.165) is 0 Å². The van der Waals surface area contributed by atoms with Crippen molar-refractivity contribution in [1.29, 1.82) is 0 Å². The molecule has 2 rings (SSSR count). The molecular weight excluding hydrogens is 326 g/mol. The van der Waals surface area contributed by atoms with Gasteiger partial charge in [0.05, 0.1) is 0 Å². The van der Waals surface area contributed by atoms with Gasteiger partial charge in [-0.2, -0.15) is 8.78 Å². The maximum Gasteiger partial charge on any atom is 0.387 e. The smallest absolute Gasteiger partial charge is 0.387 e. The van der Waals surface area contributed by atoms with Gasteiger partial charge < -0.3 is 14.8 Å². The molecular formula is C15H14F2N2O3S. The third kappa shape index (κ3) is 5.03. The van der Waals surface area contributed by atoms with Crippen molar-refractivity contribution in [2.75, 3.05) is 11.9 Å². The zero-order valence-electron chi connectivity index (χ0n) is 12.0. The minimum atomic E-state index is -2.94. The standard InChI is InChI=1S/C15H14F2N2O3S/c1-2-7-18-15-19-11(9-23-15)13(20)21-8-10-5-3-4-6-12(10)22-14(16)17/h2-6,9,14H,1,7-8H2,(H,18,19). The number of carbonyl (C=O) groups is 1. The van der Waals surface area contributed by atoms with E-state index in [1.54, 1.807) is 29.7 Å². The Morgan fingerprint density at radius 3 is 2.96 bits per heavy atom. The number of alkyl halides is 2. The second-order valence-corrected chi connectivity index (χ2v) is 5.13. The number of nitrogens with zero attached hydrogens (tertiary/aromatic N) is 1.